The summed E-state index contributed by atoms with van der Waals surface area (Å²) in [5.41, 5.74) is 6.25. The first-order valence-electron chi connectivity index (χ1n) is 9.17. The van der Waals surface area contributed by atoms with Crippen molar-refractivity contribution in [2.45, 2.75) is 65.1 Å². The highest BCUT2D eigenvalue weighted by Crippen LogP contribution is 2.32. The summed E-state index contributed by atoms with van der Waals surface area (Å²) in [5, 5.41) is 8.42. The maximum Gasteiger partial charge on any atom is 0.137 e. The van der Waals surface area contributed by atoms with Crippen LogP contribution in [0.15, 0.2) is 30.7 Å². The van der Waals surface area contributed by atoms with Crippen LogP contribution in [-0.2, 0) is 18.5 Å². The minimum atomic E-state index is 0.0367. The zero-order chi connectivity index (χ0) is 17.6. The van der Waals surface area contributed by atoms with Crippen LogP contribution in [0.1, 0.15) is 62.2 Å². The second-order valence-corrected chi connectivity index (χ2v) is 8.14. The number of hydrogen-bond donors (Lipinski definition) is 1. The highest BCUT2D eigenvalue weighted by Gasteiger charge is 2.27. The molecule has 1 atom stereocenters. The Balaban J connectivity index is 1.55. The van der Waals surface area contributed by atoms with Crippen molar-refractivity contribution >= 4 is 5.65 Å². The summed E-state index contributed by atoms with van der Waals surface area (Å²) in [4.78, 5) is 4.53. The fourth-order valence-corrected chi connectivity index (χ4v) is 3.84. The van der Waals surface area contributed by atoms with Crippen LogP contribution in [-0.4, -0.2) is 19.2 Å². The van der Waals surface area contributed by atoms with Crippen molar-refractivity contribution in [3.63, 3.8) is 0 Å². The molecule has 0 saturated carbocycles. The van der Waals surface area contributed by atoms with Gasteiger partial charge in [0.2, 0.25) is 0 Å². The molecule has 0 saturated heterocycles. The van der Waals surface area contributed by atoms with E-state index in [4.69, 9.17) is 0 Å². The predicted octanol–water partition coefficient (Wildman–Crippen LogP) is 3.76. The Morgan fingerprint density at radius 2 is 2.12 bits per heavy atom. The molecule has 0 aliphatic heterocycles. The number of imidazole rings is 1. The molecule has 3 heterocycles. The Hall–Kier alpha value is -2.14. The van der Waals surface area contributed by atoms with Crippen molar-refractivity contribution in [2.24, 2.45) is 0 Å². The average Bonchev–Trinajstić information content (AvgIpc) is 3.16. The van der Waals surface area contributed by atoms with E-state index in [0.29, 0.717) is 6.04 Å². The fourth-order valence-electron chi connectivity index (χ4n) is 3.84. The summed E-state index contributed by atoms with van der Waals surface area (Å²) in [6.45, 7) is 9.57. The smallest absolute Gasteiger partial charge is 0.137 e. The second-order valence-electron chi connectivity index (χ2n) is 8.14. The average molecular weight is 337 g/mol. The third-order valence-corrected chi connectivity index (χ3v) is 5.09. The third-order valence-electron chi connectivity index (χ3n) is 5.09. The van der Waals surface area contributed by atoms with E-state index in [1.165, 1.54) is 35.4 Å². The van der Waals surface area contributed by atoms with Gasteiger partial charge in [-0.15, -0.1) is 0 Å². The van der Waals surface area contributed by atoms with Crippen LogP contribution >= 0.6 is 0 Å². The molecule has 4 rings (SSSR count). The molecule has 5 heteroatoms. The quantitative estimate of drug-likeness (QED) is 0.791. The van der Waals surface area contributed by atoms with E-state index in [1.54, 1.807) is 0 Å². The van der Waals surface area contributed by atoms with Gasteiger partial charge in [-0.3, -0.25) is 4.68 Å². The molecule has 1 aliphatic rings. The van der Waals surface area contributed by atoms with Crippen LogP contribution in [0, 0.1) is 6.92 Å². The van der Waals surface area contributed by atoms with Crippen molar-refractivity contribution in [2.75, 3.05) is 0 Å². The number of rotatable bonds is 3. The largest absolute Gasteiger partial charge is 0.304 e. The van der Waals surface area contributed by atoms with Crippen molar-refractivity contribution < 1.29 is 0 Å². The molecular formula is C20H27N5. The SMILES string of the molecule is Cc1ccn2c(CN[C@H]3CCCc4c3cnn4C(C)(C)C)cnc2c1. The van der Waals surface area contributed by atoms with E-state index in [2.05, 4.69) is 76.7 Å². The maximum absolute atomic E-state index is 4.68. The van der Waals surface area contributed by atoms with Gasteiger partial charge in [-0.2, -0.15) is 5.10 Å². The highest BCUT2D eigenvalue weighted by atomic mass is 15.3. The van der Waals surface area contributed by atoms with Gasteiger partial charge in [-0.05, 0) is 64.7 Å². The molecule has 0 bridgehead atoms. The van der Waals surface area contributed by atoms with Crippen LogP contribution in [0.4, 0.5) is 0 Å². The van der Waals surface area contributed by atoms with Gasteiger partial charge >= 0.3 is 0 Å². The molecule has 0 fully saturated rings. The molecule has 3 aromatic rings. The first-order chi connectivity index (χ1) is 11.9. The van der Waals surface area contributed by atoms with Gasteiger partial charge in [-0.25, -0.2) is 4.98 Å². The van der Waals surface area contributed by atoms with Crippen LogP contribution < -0.4 is 5.32 Å². The Morgan fingerprint density at radius 1 is 1.28 bits per heavy atom. The predicted molar refractivity (Wildman–Crippen MR) is 99.7 cm³/mol. The van der Waals surface area contributed by atoms with Crippen molar-refractivity contribution in [3.8, 4) is 0 Å². The van der Waals surface area contributed by atoms with Crippen LogP contribution in [0.3, 0.4) is 0 Å². The van der Waals surface area contributed by atoms with E-state index in [-0.39, 0.29) is 5.54 Å². The van der Waals surface area contributed by atoms with Gasteiger partial charge in [0, 0.05) is 30.0 Å². The van der Waals surface area contributed by atoms with Crippen LogP contribution in [0.5, 0.6) is 0 Å². The molecule has 3 aromatic heterocycles. The molecule has 0 aromatic carbocycles. The number of pyridine rings is 1. The Labute approximate surface area is 149 Å². The first-order valence-corrected chi connectivity index (χ1v) is 9.17. The van der Waals surface area contributed by atoms with E-state index in [9.17, 15) is 0 Å². The summed E-state index contributed by atoms with van der Waals surface area (Å²) in [5.74, 6) is 0. The Bertz CT molecular complexity index is 897. The summed E-state index contributed by atoms with van der Waals surface area (Å²) in [6, 6.07) is 4.62. The van der Waals surface area contributed by atoms with Gasteiger partial charge in [0.1, 0.15) is 5.65 Å². The number of nitrogens with one attached hydrogen (secondary N) is 1. The van der Waals surface area contributed by atoms with E-state index < -0.39 is 0 Å². The Morgan fingerprint density at radius 3 is 2.92 bits per heavy atom. The third kappa shape index (κ3) is 2.97. The lowest BCUT2D eigenvalue weighted by molar-refractivity contribution is 0.334. The number of hydrogen-bond acceptors (Lipinski definition) is 3. The van der Waals surface area contributed by atoms with Gasteiger partial charge in [0.05, 0.1) is 23.6 Å². The van der Waals surface area contributed by atoms with Crippen LogP contribution in [0.2, 0.25) is 0 Å². The lowest BCUT2D eigenvalue weighted by atomic mass is 9.92. The first kappa shape index (κ1) is 16.3. The number of fused-ring (bicyclic) bond motifs is 2. The van der Waals surface area contributed by atoms with Crippen LogP contribution in [0.25, 0.3) is 5.65 Å². The molecular weight excluding hydrogens is 310 g/mol. The fraction of sp³-hybridized carbons (Fsp3) is 0.500. The topological polar surface area (TPSA) is 47.1 Å². The molecule has 1 aliphatic carbocycles. The molecule has 0 amide bonds. The molecule has 0 unspecified atom stereocenters. The lowest BCUT2D eigenvalue weighted by Gasteiger charge is -2.28. The molecule has 132 valence electrons. The lowest BCUT2D eigenvalue weighted by Crippen LogP contribution is -2.29. The van der Waals surface area contributed by atoms with E-state index >= 15 is 0 Å². The molecule has 25 heavy (non-hydrogen) atoms. The van der Waals surface area contributed by atoms with Gasteiger partial charge in [-0.1, -0.05) is 0 Å². The van der Waals surface area contributed by atoms with Gasteiger partial charge < -0.3 is 9.72 Å². The normalized spacial score (nSPS) is 17.8. The second kappa shape index (κ2) is 5.99. The minimum Gasteiger partial charge on any atom is -0.304 e. The van der Waals surface area contributed by atoms with Gasteiger partial charge in [0.15, 0.2) is 0 Å². The summed E-state index contributed by atoms with van der Waals surface area (Å²) in [7, 11) is 0. The van der Waals surface area contributed by atoms with Crippen molar-refractivity contribution in [3.05, 3.63) is 53.2 Å². The summed E-state index contributed by atoms with van der Waals surface area (Å²) < 4.78 is 4.37. The monoisotopic (exact) mass is 337 g/mol. The molecule has 0 radical (unpaired) electrons. The minimum absolute atomic E-state index is 0.0367. The number of aromatic nitrogens is 4. The zero-order valence-electron chi connectivity index (χ0n) is 15.6. The summed E-state index contributed by atoms with van der Waals surface area (Å²) in [6.07, 6.45) is 9.65. The maximum atomic E-state index is 4.68. The number of aryl methyl sites for hydroxylation is 1. The summed E-state index contributed by atoms with van der Waals surface area (Å²) >= 11 is 0. The zero-order valence-corrected chi connectivity index (χ0v) is 15.6. The van der Waals surface area contributed by atoms with Gasteiger partial charge in [0.25, 0.3) is 0 Å². The standard InChI is InChI=1S/C20H27N5/c1-14-8-9-24-15(12-22-19(24)10-14)11-21-17-6-5-7-18-16(17)13-23-25(18)20(2,3)4/h8-10,12-13,17,21H,5-7,11H2,1-4H3/t17-/m0/s1. The molecule has 5 nitrogen and oxygen atoms in total. The number of nitrogens with zero attached hydrogens (tertiary/aromatic N) is 4. The highest BCUT2D eigenvalue weighted by molar-refractivity contribution is 5.43. The van der Waals surface area contributed by atoms with Crippen molar-refractivity contribution in [1.82, 2.24) is 24.5 Å². The van der Waals surface area contributed by atoms with E-state index in [0.717, 1.165) is 18.6 Å². The Kier molecular flexibility index (Phi) is 3.91. The molecule has 1 N–H and O–H groups in total. The van der Waals surface area contributed by atoms with E-state index in [1.807, 2.05) is 6.20 Å². The molecule has 0 spiro atoms. The van der Waals surface area contributed by atoms with Crippen molar-refractivity contribution in [1.29, 1.82) is 0 Å².